The summed E-state index contributed by atoms with van der Waals surface area (Å²) in [5.74, 6) is 0. The van der Waals surface area contributed by atoms with Crippen molar-refractivity contribution in [3.63, 3.8) is 0 Å². The van der Waals surface area contributed by atoms with E-state index in [4.69, 9.17) is 11.0 Å². The summed E-state index contributed by atoms with van der Waals surface area (Å²) in [6.07, 6.45) is 0. The lowest BCUT2D eigenvalue weighted by Crippen LogP contribution is -2.45. The predicted molar refractivity (Wildman–Crippen MR) is 69.3 cm³/mol. The maximum Gasteiger partial charge on any atom is 0.240 e. The number of rotatable bonds is 4. The third-order valence-electron chi connectivity index (χ3n) is 2.31. The topological polar surface area (TPSA) is 96.0 Å². The Morgan fingerprint density at radius 2 is 2.06 bits per heavy atom. The molecule has 0 amide bonds. The molecule has 0 aliphatic rings. The van der Waals surface area contributed by atoms with Crippen molar-refractivity contribution in [2.45, 2.75) is 31.2 Å². The predicted octanol–water partition coefficient (Wildman–Crippen LogP) is 0.882. The zero-order chi connectivity index (χ0) is 14.0. The van der Waals surface area contributed by atoms with E-state index in [1.54, 1.807) is 26.8 Å². The van der Waals surface area contributed by atoms with E-state index >= 15 is 0 Å². The van der Waals surface area contributed by atoms with Gasteiger partial charge in [0, 0.05) is 12.1 Å². The zero-order valence-corrected chi connectivity index (χ0v) is 11.5. The van der Waals surface area contributed by atoms with Crippen molar-refractivity contribution >= 4 is 10.0 Å². The highest BCUT2D eigenvalue weighted by Crippen LogP contribution is 2.16. The molecule has 0 unspecified atom stereocenters. The molecule has 0 fully saturated rings. The van der Waals surface area contributed by atoms with Crippen LogP contribution in [-0.4, -0.2) is 20.5 Å². The van der Waals surface area contributed by atoms with E-state index < -0.39 is 15.6 Å². The van der Waals surface area contributed by atoms with Gasteiger partial charge >= 0.3 is 0 Å². The Morgan fingerprint density at radius 1 is 1.44 bits per heavy atom. The van der Waals surface area contributed by atoms with Gasteiger partial charge in [-0.05, 0) is 44.5 Å². The first-order valence-electron chi connectivity index (χ1n) is 5.45. The molecule has 0 aliphatic heterocycles. The Kier molecular flexibility index (Phi) is 4.12. The minimum Gasteiger partial charge on any atom is -0.324 e. The van der Waals surface area contributed by atoms with Crippen LogP contribution in [0.5, 0.6) is 0 Å². The van der Waals surface area contributed by atoms with Crippen molar-refractivity contribution in [2.75, 3.05) is 6.54 Å². The third kappa shape index (κ3) is 3.81. The molecule has 18 heavy (non-hydrogen) atoms. The van der Waals surface area contributed by atoms with Gasteiger partial charge in [0.2, 0.25) is 10.0 Å². The minimum absolute atomic E-state index is 0.148. The Hall–Kier alpha value is -1.42. The van der Waals surface area contributed by atoms with E-state index in [0.717, 1.165) is 0 Å². The molecule has 5 nitrogen and oxygen atoms in total. The highest BCUT2D eigenvalue weighted by atomic mass is 32.2. The number of nitriles is 1. The monoisotopic (exact) mass is 267 g/mol. The van der Waals surface area contributed by atoms with Crippen LogP contribution >= 0.6 is 0 Å². The summed E-state index contributed by atoms with van der Waals surface area (Å²) in [6, 6.07) is 6.42. The zero-order valence-electron chi connectivity index (χ0n) is 10.7. The van der Waals surface area contributed by atoms with Crippen LogP contribution in [0, 0.1) is 18.3 Å². The largest absolute Gasteiger partial charge is 0.324 e. The van der Waals surface area contributed by atoms with Crippen LogP contribution in [0.1, 0.15) is 25.0 Å². The van der Waals surface area contributed by atoms with E-state index in [0.29, 0.717) is 11.1 Å². The average Bonchev–Trinajstić information content (AvgIpc) is 2.25. The maximum atomic E-state index is 12.0. The van der Waals surface area contributed by atoms with Crippen LogP contribution in [0.15, 0.2) is 23.1 Å². The van der Waals surface area contributed by atoms with Crippen LogP contribution in [0.3, 0.4) is 0 Å². The van der Waals surface area contributed by atoms with E-state index in [2.05, 4.69) is 4.72 Å². The smallest absolute Gasteiger partial charge is 0.240 e. The molecular formula is C12H17N3O2S. The Bertz CT molecular complexity index is 580. The average molecular weight is 267 g/mol. The van der Waals surface area contributed by atoms with E-state index in [1.807, 2.05) is 6.07 Å². The summed E-state index contributed by atoms with van der Waals surface area (Å²) >= 11 is 0. The molecule has 3 N–H and O–H groups in total. The third-order valence-corrected chi connectivity index (χ3v) is 3.87. The fourth-order valence-electron chi connectivity index (χ4n) is 1.38. The number of aryl methyl sites for hydroxylation is 1. The summed E-state index contributed by atoms with van der Waals surface area (Å²) in [7, 11) is -3.59. The lowest BCUT2D eigenvalue weighted by Gasteiger charge is -2.19. The second-order valence-corrected chi connectivity index (χ2v) is 6.64. The van der Waals surface area contributed by atoms with E-state index in [1.165, 1.54) is 12.1 Å². The van der Waals surface area contributed by atoms with Crippen molar-refractivity contribution in [3.8, 4) is 6.07 Å². The van der Waals surface area contributed by atoms with Crippen molar-refractivity contribution < 1.29 is 8.42 Å². The summed E-state index contributed by atoms with van der Waals surface area (Å²) in [5, 5.41) is 8.73. The standard InChI is InChI=1S/C12H17N3O2S/c1-9-6-10(7-13)4-5-11(9)18(16,17)15-8-12(2,3)14/h4-6,15H,8,14H2,1-3H3. The molecule has 0 saturated carbocycles. The number of nitrogens with one attached hydrogen (secondary N) is 1. The molecule has 98 valence electrons. The molecule has 1 aromatic carbocycles. The maximum absolute atomic E-state index is 12.0. The number of hydrogen-bond acceptors (Lipinski definition) is 4. The van der Waals surface area contributed by atoms with Gasteiger partial charge < -0.3 is 5.73 Å². The number of benzene rings is 1. The van der Waals surface area contributed by atoms with Gasteiger partial charge in [-0.25, -0.2) is 13.1 Å². The highest BCUT2D eigenvalue weighted by molar-refractivity contribution is 7.89. The van der Waals surface area contributed by atoms with E-state index in [-0.39, 0.29) is 11.4 Å². The van der Waals surface area contributed by atoms with Gasteiger partial charge in [-0.15, -0.1) is 0 Å². The Morgan fingerprint density at radius 3 is 2.50 bits per heavy atom. The molecular weight excluding hydrogens is 250 g/mol. The molecule has 0 bridgehead atoms. The summed E-state index contributed by atoms with van der Waals surface area (Å²) in [4.78, 5) is 0.172. The molecule has 0 atom stereocenters. The van der Waals surface area contributed by atoms with Crippen LogP contribution in [0.2, 0.25) is 0 Å². The molecule has 0 saturated heterocycles. The van der Waals surface area contributed by atoms with Gasteiger partial charge in [0.25, 0.3) is 0 Å². The lowest BCUT2D eigenvalue weighted by molar-refractivity contribution is 0.497. The fraction of sp³-hybridized carbons (Fsp3) is 0.417. The highest BCUT2D eigenvalue weighted by Gasteiger charge is 2.20. The van der Waals surface area contributed by atoms with E-state index in [9.17, 15) is 8.42 Å². The van der Waals surface area contributed by atoms with Crippen molar-refractivity contribution in [3.05, 3.63) is 29.3 Å². The first-order valence-corrected chi connectivity index (χ1v) is 6.93. The fourth-order valence-corrected chi connectivity index (χ4v) is 2.83. The number of sulfonamides is 1. The van der Waals surface area contributed by atoms with Gasteiger partial charge in [0.15, 0.2) is 0 Å². The van der Waals surface area contributed by atoms with Gasteiger partial charge in [-0.3, -0.25) is 0 Å². The molecule has 6 heteroatoms. The molecule has 1 aromatic rings. The van der Waals surface area contributed by atoms with Crippen molar-refractivity contribution in [1.29, 1.82) is 5.26 Å². The molecule has 0 aliphatic carbocycles. The molecule has 0 aromatic heterocycles. The number of nitrogens with two attached hydrogens (primary N) is 1. The molecule has 0 heterocycles. The first-order chi connectivity index (χ1) is 8.15. The van der Waals surface area contributed by atoms with Gasteiger partial charge in [0.05, 0.1) is 16.5 Å². The quantitative estimate of drug-likeness (QED) is 0.846. The Labute approximate surface area is 108 Å². The lowest BCUT2D eigenvalue weighted by atomic mass is 10.1. The van der Waals surface area contributed by atoms with Gasteiger partial charge in [-0.2, -0.15) is 5.26 Å². The van der Waals surface area contributed by atoms with Crippen LogP contribution in [0.4, 0.5) is 0 Å². The summed E-state index contributed by atoms with van der Waals surface area (Å²) in [6.45, 7) is 5.28. The van der Waals surface area contributed by atoms with Crippen molar-refractivity contribution in [2.24, 2.45) is 5.73 Å². The van der Waals surface area contributed by atoms with Gasteiger partial charge in [0.1, 0.15) is 0 Å². The second kappa shape index (κ2) is 5.06. The number of nitrogens with zero attached hydrogens (tertiary/aromatic N) is 1. The first kappa shape index (κ1) is 14.6. The second-order valence-electron chi connectivity index (χ2n) is 4.91. The normalized spacial score (nSPS) is 12.2. The summed E-state index contributed by atoms with van der Waals surface area (Å²) in [5.41, 5.74) is 6.09. The SMILES string of the molecule is Cc1cc(C#N)ccc1S(=O)(=O)NCC(C)(C)N. The molecule has 0 spiro atoms. The Balaban J connectivity index is 3.03. The van der Waals surface area contributed by atoms with Gasteiger partial charge in [-0.1, -0.05) is 0 Å². The summed E-state index contributed by atoms with van der Waals surface area (Å²) < 4.78 is 26.6. The van der Waals surface area contributed by atoms with Crippen LogP contribution in [0.25, 0.3) is 0 Å². The number of hydrogen-bond donors (Lipinski definition) is 2. The van der Waals surface area contributed by atoms with Crippen LogP contribution < -0.4 is 10.5 Å². The molecule has 0 radical (unpaired) electrons. The minimum atomic E-state index is -3.59. The van der Waals surface area contributed by atoms with Crippen molar-refractivity contribution in [1.82, 2.24) is 4.72 Å². The molecule has 1 rings (SSSR count). The van der Waals surface area contributed by atoms with Crippen LogP contribution in [-0.2, 0) is 10.0 Å².